The van der Waals surface area contributed by atoms with Crippen molar-refractivity contribution < 1.29 is 32.3 Å². The molecule has 12 heteroatoms. The Morgan fingerprint density at radius 3 is 2.27 bits per heavy atom. The average Bonchev–Trinajstić information content (AvgIpc) is 3.40. The van der Waals surface area contributed by atoms with E-state index in [0.29, 0.717) is 18.0 Å². The lowest BCUT2D eigenvalue weighted by Crippen LogP contribution is -2.57. The van der Waals surface area contributed by atoms with Gasteiger partial charge in [0.15, 0.2) is 0 Å². The molecule has 3 amide bonds. The number of nitrogens with one attached hydrogen (secondary N) is 2. The Labute approximate surface area is 235 Å². The molecule has 40 heavy (non-hydrogen) atoms. The van der Waals surface area contributed by atoms with Crippen LogP contribution in [0, 0.1) is 5.92 Å². The van der Waals surface area contributed by atoms with Crippen molar-refractivity contribution in [2.45, 2.75) is 64.0 Å². The van der Waals surface area contributed by atoms with E-state index < -0.39 is 53.7 Å². The number of amides is 3. The van der Waals surface area contributed by atoms with Crippen LogP contribution in [0.2, 0.25) is 5.02 Å². The summed E-state index contributed by atoms with van der Waals surface area (Å²) in [5.41, 5.74) is 7.48. The second-order valence-corrected chi connectivity index (χ2v) is 10.5. The van der Waals surface area contributed by atoms with Crippen molar-refractivity contribution in [3.05, 3.63) is 70.2 Å². The van der Waals surface area contributed by atoms with Crippen molar-refractivity contribution in [3.8, 4) is 0 Å². The molecule has 0 bridgehead atoms. The molecule has 0 aliphatic carbocycles. The third kappa shape index (κ3) is 7.82. The van der Waals surface area contributed by atoms with Gasteiger partial charge in [0.1, 0.15) is 12.1 Å². The quantitative estimate of drug-likeness (QED) is 0.398. The number of halogens is 4. The Hall–Kier alpha value is -3.44. The summed E-state index contributed by atoms with van der Waals surface area (Å²) < 4.78 is 39.4. The first-order valence-electron chi connectivity index (χ1n) is 12.9. The molecule has 1 fully saturated rings. The monoisotopic (exact) mass is 580 g/mol. The zero-order chi connectivity index (χ0) is 29.6. The SMILES string of the molecule is CC(C)C(NC(=O)C1CCCN1C(=O)[C@H](Cc1ccc(CN)cc1)NC(=O)c1cccc(Cl)c1)C(=O)C(F)(F)F. The zero-order valence-corrected chi connectivity index (χ0v) is 22.9. The van der Waals surface area contributed by atoms with Crippen LogP contribution >= 0.6 is 11.6 Å². The molecule has 2 unspecified atom stereocenters. The fourth-order valence-electron chi connectivity index (χ4n) is 4.58. The van der Waals surface area contributed by atoms with Crippen molar-refractivity contribution in [2.75, 3.05) is 6.54 Å². The number of alkyl halides is 3. The van der Waals surface area contributed by atoms with Crippen LogP contribution in [0.25, 0.3) is 0 Å². The van der Waals surface area contributed by atoms with E-state index in [-0.39, 0.29) is 24.9 Å². The molecule has 2 aromatic carbocycles. The number of ketones is 1. The third-order valence-corrected chi connectivity index (χ3v) is 6.99. The van der Waals surface area contributed by atoms with Crippen molar-refractivity contribution in [3.63, 3.8) is 0 Å². The van der Waals surface area contributed by atoms with Crippen molar-refractivity contribution in [1.82, 2.24) is 15.5 Å². The molecule has 216 valence electrons. The van der Waals surface area contributed by atoms with Crippen LogP contribution in [0.4, 0.5) is 13.2 Å². The minimum absolute atomic E-state index is 0.0853. The highest BCUT2D eigenvalue weighted by atomic mass is 35.5. The molecule has 1 saturated heterocycles. The van der Waals surface area contributed by atoms with E-state index in [1.165, 1.54) is 30.9 Å². The van der Waals surface area contributed by atoms with Crippen LogP contribution in [0.3, 0.4) is 0 Å². The third-order valence-electron chi connectivity index (χ3n) is 6.75. The molecule has 4 N–H and O–H groups in total. The maximum atomic E-state index is 13.8. The number of nitrogens with two attached hydrogens (primary N) is 1. The molecule has 0 saturated carbocycles. The van der Waals surface area contributed by atoms with E-state index >= 15 is 0 Å². The summed E-state index contributed by atoms with van der Waals surface area (Å²) in [6.07, 6.45) is -4.42. The van der Waals surface area contributed by atoms with Gasteiger partial charge in [-0.2, -0.15) is 13.2 Å². The van der Waals surface area contributed by atoms with Gasteiger partial charge in [0, 0.05) is 30.1 Å². The first kappa shape index (κ1) is 31.1. The van der Waals surface area contributed by atoms with Crippen LogP contribution in [-0.2, 0) is 27.3 Å². The molecule has 1 aliphatic heterocycles. The summed E-state index contributed by atoms with van der Waals surface area (Å²) >= 11 is 6.01. The van der Waals surface area contributed by atoms with E-state index in [1.54, 1.807) is 36.4 Å². The molecule has 1 heterocycles. The van der Waals surface area contributed by atoms with Crippen LogP contribution < -0.4 is 16.4 Å². The molecule has 1 aliphatic rings. The number of likely N-dealkylation sites (tertiary alicyclic amines) is 1. The fourth-order valence-corrected chi connectivity index (χ4v) is 4.77. The van der Waals surface area contributed by atoms with Crippen molar-refractivity contribution in [2.24, 2.45) is 11.7 Å². The maximum Gasteiger partial charge on any atom is 0.452 e. The number of carbonyl (C=O) groups excluding carboxylic acids is 4. The Morgan fingerprint density at radius 1 is 1.05 bits per heavy atom. The summed E-state index contributed by atoms with van der Waals surface area (Å²) in [5.74, 6) is -4.87. The van der Waals surface area contributed by atoms with Gasteiger partial charge in [-0.25, -0.2) is 0 Å². The topological polar surface area (TPSA) is 122 Å². The number of hydrogen-bond donors (Lipinski definition) is 3. The minimum Gasteiger partial charge on any atom is -0.344 e. The van der Waals surface area contributed by atoms with E-state index in [1.807, 2.05) is 0 Å². The lowest BCUT2D eigenvalue weighted by atomic mass is 9.98. The summed E-state index contributed by atoms with van der Waals surface area (Å²) in [6.45, 7) is 3.27. The molecule has 0 spiro atoms. The summed E-state index contributed by atoms with van der Waals surface area (Å²) in [7, 11) is 0. The van der Waals surface area contributed by atoms with Gasteiger partial charge < -0.3 is 21.3 Å². The van der Waals surface area contributed by atoms with Crippen LogP contribution in [0.15, 0.2) is 48.5 Å². The van der Waals surface area contributed by atoms with Gasteiger partial charge in [-0.1, -0.05) is 55.8 Å². The van der Waals surface area contributed by atoms with E-state index in [2.05, 4.69) is 10.6 Å². The maximum absolute atomic E-state index is 13.8. The van der Waals surface area contributed by atoms with Gasteiger partial charge in [0.2, 0.25) is 11.8 Å². The molecule has 0 aromatic heterocycles. The van der Waals surface area contributed by atoms with Crippen molar-refractivity contribution >= 4 is 35.1 Å². The molecular weight excluding hydrogens is 549 g/mol. The normalized spacial score (nSPS) is 16.9. The Morgan fingerprint density at radius 2 is 1.70 bits per heavy atom. The summed E-state index contributed by atoms with van der Waals surface area (Å²) in [6, 6.07) is 9.34. The van der Waals surface area contributed by atoms with Gasteiger partial charge in [-0.15, -0.1) is 0 Å². The molecule has 3 rings (SSSR count). The molecule has 0 radical (unpaired) electrons. The number of nitrogens with zero attached hydrogens (tertiary/aromatic N) is 1. The predicted octanol–water partition coefficient (Wildman–Crippen LogP) is 3.40. The molecule has 2 aromatic rings. The standard InChI is InChI=1S/C28H32ClF3N4O4/c1-16(2)23(24(37)28(30,31)32)35-26(39)22-7-4-12-36(22)27(40)21(13-17-8-10-18(15-33)11-9-17)34-25(38)19-5-3-6-20(29)14-19/h3,5-6,8-11,14,16,21-23H,4,7,12-13,15,33H2,1-2H3,(H,34,38)(H,35,39)/t21-,22?,23?/m0/s1. The van der Waals surface area contributed by atoms with E-state index in [9.17, 15) is 32.3 Å². The summed E-state index contributed by atoms with van der Waals surface area (Å²) in [5, 5.41) is 5.26. The zero-order valence-electron chi connectivity index (χ0n) is 22.1. The lowest BCUT2D eigenvalue weighted by Gasteiger charge is -2.30. The van der Waals surface area contributed by atoms with Crippen molar-refractivity contribution in [1.29, 1.82) is 0 Å². The Balaban J connectivity index is 1.85. The highest BCUT2D eigenvalue weighted by Gasteiger charge is 2.46. The van der Waals surface area contributed by atoms with Gasteiger partial charge in [0.05, 0.1) is 6.04 Å². The molecule has 3 atom stereocenters. The predicted molar refractivity (Wildman–Crippen MR) is 143 cm³/mol. The fraction of sp³-hybridized carbons (Fsp3) is 0.429. The lowest BCUT2D eigenvalue weighted by molar-refractivity contribution is -0.175. The minimum atomic E-state index is -5.12. The van der Waals surface area contributed by atoms with Gasteiger partial charge in [-0.05, 0) is 48.1 Å². The van der Waals surface area contributed by atoms with E-state index in [0.717, 1.165) is 11.1 Å². The largest absolute Gasteiger partial charge is 0.452 e. The number of carbonyl (C=O) groups is 4. The van der Waals surface area contributed by atoms with Gasteiger partial charge in [0.25, 0.3) is 11.7 Å². The van der Waals surface area contributed by atoms with Gasteiger partial charge in [-0.3, -0.25) is 19.2 Å². The van der Waals surface area contributed by atoms with Gasteiger partial charge >= 0.3 is 6.18 Å². The Bertz CT molecular complexity index is 1240. The number of rotatable bonds is 10. The average molecular weight is 581 g/mol. The molecule has 8 nitrogen and oxygen atoms in total. The number of hydrogen-bond acceptors (Lipinski definition) is 5. The second kappa shape index (κ2) is 13.3. The van der Waals surface area contributed by atoms with E-state index in [4.69, 9.17) is 17.3 Å². The highest BCUT2D eigenvalue weighted by Crippen LogP contribution is 2.24. The summed E-state index contributed by atoms with van der Waals surface area (Å²) in [4.78, 5) is 53.1. The Kier molecular flexibility index (Phi) is 10.3. The van der Waals surface area contributed by atoms with Crippen LogP contribution in [-0.4, -0.2) is 59.3 Å². The smallest absolute Gasteiger partial charge is 0.344 e. The number of Topliss-reactive ketones (excluding diaryl/α,β-unsaturated/α-hetero) is 1. The number of benzene rings is 2. The van der Waals surface area contributed by atoms with Crippen LogP contribution in [0.1, 0.15) is 48.2 Å². The van der Waals surface area contributed by atoms with Crippen LogP contribution in [0.5, 0.6) is 0 Å². The first-order chi connectivity index (χ1) is 18.8. The first-order valence-corrected chi connectivity index (χ1v) is 13.3. The molecular formula is C28H32ClF3N4O4. The highest BCUT2D eigenvalue weighted by molar-refractivity contribution is 6.31. The second-order valence-electron chi connectivity index (χ2n) is 10.0.